The fourth-order valence-corrected chi connectivity index (χ4v) is 1.56. The minimum atomic E-state index is -1.45. The molecule has 6 heteroatoms. The van der Waals surface area contributed by atoms with Crippen molar-refractivity contribution in [3.05, 3.63) is 29.3 Å². The molecule has 0 aromatic heterocycles. The number of ketones is 1. The van der Waals surface area contributed by atoms with Crippen LogP contribution in [-0.4, -0.2) is 33.2 Å². The standard InChI is InChI=1S/C12H15NO5/c1-6(14)7-2-3-8(9(13)4-7)12(18)10(15)5-11(16)17/h2-4,10,12,15,18H,5,13H2,1H3,(H,16,17). The molecule has 0 spiro atoms. The van der Waals surface area contributed by atoms with Crippen molar-refractivity contribution >= 4 is 17.4 Å². The zero-order valence-corrected chi connectivity index (χ0v) is 9.83. The molecule has 2 unspecified atom stereocenters. The number of carboxylic acids is 1. The van der Waals surface area contributed by atoms with E-state index in [0.717, 1.165) is 0 Å². The molecule has 0 fully saturated rings. The van der Waals surface area contributed by atoms with Gasteiger partial charge in [-0.3, -0.25) is 9.59 Å². The fourth-order valence-electron chi connectivity index (χ4n) is 1.56. The summed E-state index contributed by atoms with van der Waals surface area (Å²) in [6, 6.07) is 4.25. The van der Waals surface area contributed by atoms with E-state index in [1.54, 1.807) is 0 Å². The third-order valence-corrected chi connectivity index (χ3v) is 2.56. The van der Waals surface area contributed by atoms with Crippen molar-refractivity contribution in [2.75, 3.05) is 5.73 Å². The Hall–Kier alpha value is -1.92. The third kappa shape index (κ3) is 3.28. The summed E-state index contributed by atoms with van der Waals surface area (Å²) < 4.78 is 0. The summed E-state index contributed by atoms with van der Waals surface area (Å²) in [7, 11) is 0. The minimum Gasteiger partial charge on any atom is -0.481 e. The van der Waals surface area contributed by atoms with Crippen LogP contribution in [0.15, 0.2) is 18.2 Å². The Morgan fingerprint density at radius 2 is 1.94 bits per heavy atom. The van der Waals surface area contributed by atoms with Gasteiger partial charge in [-0.05, 0) is 13.0 Å². The number of aliphatic hydroxyl groups is 2. The maximum absolute atomic E-state index is 11.1. The normalized spacial score (nSPS) is 13.9. The predicted molar refractivity (Wildman–Crippen MR) is 64.1 cm³/mol. The van der Waals surface area contributed by atoms with Crippen LogP contribution in [0.2, 0.25) is 0 Å². The number of benzene rings is 1. The smallest absolute Gasteiger partial charge is 0.306 e. The van der Waals surface area contributed by atoms with E-state index in [1.807, 2.05) is 0 Å². The van der Waals surface area contributed by atoms with Gasteiger partial charge in [0.15, 0.2) is 5.78 Å². The van der Waals surface area contributed by atoms with Crippen molar-refractivity contribution in [2.45, 2.75) is 25.6 Å². The zero-order valence-electron chi connectivity index (χ0n) is 9.83. The number of nitrogens with two attached hydrogens (primary N) is 1. The van der Waals surface area contributed by atoms with Gasteiger partial charge in [0.2, 0.25) is 0 Å². The molecule has 0 radical (unpaired) electrons. The van der Waals surface area contributed by atoms with E-state index in [1.165, 1.54) is 25.1 Å². The fraction of sp³-hybridized carbons (Fsp3) is 0.333. The molecule has 2 atom stereocenters. The number of carbonyl (C=O) groups excluding carboxylic acids is 1. The van der Waals surface area contributed by atoms with E-state index >= 15 is 0 Å². The van der Waals surface area contributed by atoms with Crippen LogP contribution in [0, 0.1) is 0 Å². The molecule has 0 bridgehead atoms. The molecule has 98 valence electrons. The highest BCUT2D eigenvalue weighted by Gasteiger charge is 2.23. The van der Waals surface area contributed by atoms with Crippen LogP contribution >= 0.6 is 0 Å². The lowest BCUT2D eigenvalue weighted by Crippen LogP contribution is -2.22. The van der Waals surface area contributed by atoms with E-state index < -0.39 is 24.6 Å². The number of hydrogen-bond acceptors (Lipinski definition) is 5. The summed E-state index contributed by atoms with van der Waals surface area (Å²) in [6.07, 6.45) is -3.44. The monoisotopic (exact) mass is 253 g/mol. The van der Waals surface area contributed by atoms with Crippen molar-refractivity contribution in [2.24, 2.45) is 0 Å². The average Bonchev–Trinajstić information content (AvgIpc) is 2.26. The van der Waals surface area contributed by atoms with Gasteiger partial charge < -0.3 is 21.1 Å². The first-order valence-corrected chi connectivity index (χ1v) is 5.31. The van der Waals surface area contributed by atoms with Gasteiger partial charge in [-0.15, -0.1) is 0 Å². The molecule has 0 amide bonds. The number of hydrogen-bond donors (Lipinski definition) is 4. The second-order valence-electron chi connectivity index (χ2n) is 4.01. The molecule has 0 heterocycles. The van der Waals surface area contributed by atoms with E-state index in [9.17, 15) is 19.8 Å². The maximum Gasteiger partial charge on any atom is 0.306 e. The molecule has 0 aliphatic rings. The molecule has 1 aromatic carbocycles. The van der Waals surface area contributed by atoms with Crippen LogP contribution in [0.4, 0.5) is 5.69 Å². The molecule has 5 N–H and O–H groups in total. The van der Waals surface area contributed by atoms with E-state index in [0.29, 0.717) is 5.56 Å². The summed E-state index contributed by atoms with van der Waals surface area (Å²) >= 11 is 0. The predicted octanol–water partition coefficient (Wildman–Crippen LogP) is 0.340. The highest BCUT2D eigenvalue weighted by molar-refractivity contribution is 5.95. The van der Waals surface area contributed by atoms with Crippen molar-refractivity contribution in [3.8, 4) is 0 Å². The van der Waals surface area contributed by atoms with Crippen molar-refractivity contribution in [1.29, 1.82) is 0 Å². The molecule has 0 saturated heterocycles. The van der Waals surface area contributed by atoms with Crippen molar-refractivity contribution < 1.29 is 24.9 Å². The Labute approximate surface area is 104 Å². The first-order valence-electron chi connectivity index (χ1n) is 5.31. The number of nitrogen functional groups attached to an aromatic ring is 1. The highest BCUT2D eigenvalue weighted by Crippen LogP contribution is 2.25. The van der Waals surface area contributed by atoms with Gasteiger partial charge in [0, 0.05) is 16.8 Å². The lowest BCUT2D eigenvalue weighted by molar-refractivity contribution is -0.141. The lowest BCUT2D eigenvalue weighted by atomic mass is 9.98. The number of aliphatic carboxylic acids is 1. The van der Waals surface area contributed by atoms with Gasteiger partial charge in [-0.25, -0.2) is 0 Å². The summed E-state index contributed by atoms with van der Waals surface area (Å²) in [5, 5.41) is 27.8. The number of aliphatic hydroxyl groups excluding tert-OH is 2. The average molecular weight is 253 g/mol. The molecular weight excluding hydrogens is 238 g/mol. The van der Waals surface area contributed by atoms with E-state index in [-0.39, 0.29) is 17.0 Å². The number of rotatable bonds is 5. The molecular formula is C12H15NO5. The Balaban J connectivity index is 2.96. The first kappa shape index (κ1) is 14.1. The molecule has 1 aromatic rings. The first-order chi connectivity index (χ1) is 8.32. The van der Waals surface area contributed by atoms with E-state index in [2.05, 4.69) is 0 Å². The summed E-state index contributed by atoms with van der Waals surface area (Å²) in [5.41, 5.74) is 6.38. The van der Waals surface area contributed by atoms with Crippen molar-refractivity contribution in [1.82, 2.24) is 0 Å². The lowest BCUT2D eigenvalue weighted by Gasteiger charge is -2.18. The highest BCUT2D eigenvalue weighted by atomic mass is 16.4. The van der Waals surface area contributed by atoms with Crippen LogP contribution in [0.1, 0.15) is 35.4 Å². The van der Waals surface area contributed by atoms with Gasteiger partial charge in [0.25, 0.3) is 0 Å². The summed E-state index contributed by atoms with van der Waals surface area (Å²) in [5.74, 6) is -1.39. The van der Waals surface area contributed by atoms with Gasteiger partial charge in [-0.1, -0.05) is 12.1 Å². The maximum atomic E-state index is 11.1. The molecule has 1 rings (SSSR count). The molecule has 0 aliphatic heterocycles. The zero-order chi connectivity index (χ0) is 13.9. The molecule has 0 aliphatic carbocycles. The Kier molecular flexibility index (Phi) is 4.41. The largest absolute Gasteiger partial charge is 0.481 e. The number of anilines is 1. The van der Waals surface area contributed by atoms with Crippen LogP contribution in [0.5, 0.6) is 0 Å². The third-order valence-electron chi connectivity index (χ3n) is 2.56. The Morgan fingerprint density at radius 3 is 2.39 bits per heavy atom. The number of Topliss-reactive ketones (excluding diaryl/α,β-unsaturated/α-hetero) is 1. The van der Waals surface area contributed by atoms with Crippen LogP contribution < -0.4 is 5.73 Å². The van der Waals surface area contributed by atoms with Crippen LogP contribution in [0.3, 0.4) is 0 Å². The van der Waals surface area contributed by atoms with Crippen LogP contribution in [0.25, 0.3) is 0 Å². The topological polar surface area (TPSA) is 121 Å². The molecule has 0 saturated carbocycles. The van der Waals surface area contributed by atoms with E-state index in [4.69, 9.17) is 10.8 Å². The summed E-state index contributed by atoms with van der Waals surface area (Å²) in [6.45, 7) is 1.38. The molecule has 6 nitrogen and oxygen atoms in total. The second-order valence-corrected chi connectivity index (χ2v) is 4.01. The minimum absolute atomic E-state index is 0.139. The summed E-state index contributed by atoms with van der Waals surface area (Å²) in [4.78, 5) is 21.5. The number of carbonyl (C=O) groups is 2. The SMILES string of the molecule is CC(=O)c1ccc(C(O)C(O)CC(=O)O)c(N)c1. The molecule has 18 heavy (non-hydrogen) atoms. The number of carboxylic acid groups (broad SMARTS) is 1. The van der Waals surface area contributed by atoms with Crippen LogP contribution in [-0.2, 0) is 4.79 Å². The van der Waals surface area contributed by atoms with Gasteiger partial charge in [-0.2, -0.15) is 0 Å². The van der Waals surface area contributed by atoms with Gasteiger partial charge in [0.1, 0.15) is 6.10 Å². The quantitative estimate of drug-likeness (QED) is 0.443. The van der Waals surface area contributed by atoms with Gasteiger partial charge >= 0.3 is 5.97 Å². The Bertz CT molecular complexity index is 472. The Morgan fingerprint density at radius 1 is 1.33 bits per heavy atom. The van der Waals surface area contributed by atoms with Crippen molar-refractivity contribution in [3.63, 3.8) is 0 Å². The second kappa shape index (κ2) is 5.61. The van der Waals surface area contributed by atoms with Gasteiger partial charge in [0.05, 0.1) is 12.5 Å².